The van der Waals surface area contributed by atoms with Crippen LogP contribution in [0.4, 0.5) is 0 Å². The predicted octanol–water partition coefficient (Wildman–Crippen LogP) is 3.39. The van der Waals surface area contributed by atoms with Crippen molar-refractivity contribution in [3.63, 3.8) is 0 Å². The molecule has 1 aromatic carbocycles. The summed E-state index contributed by atoms with van der Waals surface area (Å²) < 4.78 is 0. The van der Waals surface area contributed by atoms with Crippen LogP contribution in [0.15, 0.2) is 24.3 Å². The number of amides is 1. The Hall–Kier alpha value is -2.14. The van der Waals surface area contributed by atoms with Gasteiger partial charge in [-0.15, -0.1) is 0 Å². The molecule has 0 atom stereocenters. The third-order valence-corrected chi connectivity index (χ3v) is 6.05. The smallest absolute Gasteiger partial charge is 0.271 e. The van der Waals surface area contributed by atoms with Gasteiger partial charge < -0.3 is 4.90 Å². The number of rotatable bonds is 3. The Morgan fingerprint density at radius 2 is 1.77 bits per heavy atom. The molecule has 2 aliphatic rings. The van der Waals surface area contributed by atoms with Crippen molar-refractivity contribution in [3.05, 3.63) is 41.1 Å². The molecule has 0 radical (unpaired) electrons. The number of hydrogen-bond donors (Lipinski definition) is 1. The summed E-state index contributed by atoms with van der Waals surface area (Å²) in [5.74, 6) is 0.0682. The van der Waals surface area contributed by atoms with Gasteiger partial charge in [0.25, 0.3) is 5.91 Å². The SMILES string of the molecule is Cc1ccc(-c2cc(C(=O)N3CCN(C4CCCC4)CC3)[nH]n2)cc1C. The molecule has 5 nitrogen and oxygen atoms in total. The summed E-state index contributed by atoms with van der Waals surface area (Å²) in [6.07, 6.45) is 5.38. The number of H-pyrrole nitrogens is 1. The fourth-order valence-corrected chi connectivity index (χ4v) is 4.21. The van der Waals surface area contributed by atoms with Crippen molar-refractivity contribution in [2.24, 2.45) is 0 Å². The molecule has 1 aliphatic heterocycles. The van der Waals surface area contributed by atoms with E-state index in [1.165, 1.54) is 36.8 Å². The zero-order valence-corrected chi connectivity index (χ0v) is 15.8. The van der Waals surface area contributed by atoms with E-state index >= 15 is 0 Å². The van der Waals surface area contributed by atoms with E-state index in [1.54, 1.807) is 0 Å². The van der Waals surface area contributed by atoms with Crippen molar-refractivity contribution in [2.75, 3.05) is 26.2 Å². The molecule has 2 fully saturated rings. The van der Waals surface area contributed by atoms with Crippen LogP contribution in [-0.2, 0) is 0 Å². The van der Waals surface area contributed by atoms with Crippen LogP contribution < -0.4 is 0 Å². The number of carbonyl (C=O) groups is 1. The van der Waals surface area contributed by atoms with Crippen molar-refractivity contribution >= 4 is 5.91 Å². The Morgan fingerprint density at radius 3 is 2.46 bits per heavy atom. The molecule has 0 bridgehead atoms. The minimum absolute atomic E-state index is 0.0682. The van der Waals surface area contributed by atoms with Gasteiger partial charge in [-0.25, -0.2) is 0 Å². The number of aryl methyl sites for hydroxylation is 2. The standard InChI is InChI=1S/C21H28N4O/c1-15-7-8-17(13-16(15)2)19-14-20(23-22-19)21(26)25-11-9-24(10-12-25)18-5-3-4-6-18/h7-8,13-14,18H,3-6,9-12H2,1-2H3,(H,22,23). The molecular weight excluding hydrogens is 324 g/mol. The summed E-state index contributed by atoms with van der Waals surface area (Å²) >= 11 is 0. The molecule has 1 saturated carbocycles. The number of aromatic amines is 1. The first-order valence-corrected chi connectivity index (χ1v) is 9.78. The van der Waals surface area contributed by atoms with E-state index in [0.29, 0.717) is 5.69 Å². The Bertz CT molecular complexity index is 783. The summed E-state index contributed by atoms with van der Waals surface area (Å²) in [6.45, 7) is 7.81. The Balaban J connectivity index is 1.41. The van der Waals surface area contributed by atoms with E-state index < -0.39 is 0 Å². The third-order valence-electron chi connectivity index (χ3n) is 6.05. The Morgan fingerprint density at radius 1 is 1.04 bits per heavy atom. The molecule has 1 aromatic heterocycles. The zero-order valence-electron chi connectivity index (χ0n) is 15.8. The van der Waals surface area contributed by atoms with Crippen LogP contribution in [0, 0.1) is 13.8 Å². The lowest BCUT2D eigenvalue weighted by Crippen LogP contribution is -2.51. The second-order valence-electron chi connectivity index (χ2n) is 7.73. The fraction of sp³-hybridized carbons (Fsp3) is 0.524. The molecular formula is C21H28N4O. The van der Waals surface area contributed by atoms with E-state index in [9.17, 15) is 4.79 Å². The Labute approximate surface area is 155 Å². The summed E-state index contributed by atoms with van der Waals surface area (Å²) in [4.78, 5) is 17.4. The summed E-state index contributed by atoms with van der Waals surface area (Å²) in [5.41, 5.74) is 4.98. The lowest BCUT2D eigenvalue weighted by atomic mass is 10.0. The maximum atomic E-state index is 12.8. The second-order valence-corrected chi connectivity index (χ2v) is 7.73. The third kappa shape index (κ3) is 3.40. The molecule has 2 aromatic rings. The van der Waals surface area contributed by atoms with Crippen molar-refractivity contribution in [1.82, 2.24) is 20.0 Å². The molecule has 1 N–H and O–H groups in total. The molecule has 1 amide bonds. The van der Waals surface area contributed by atoms with Crippen LogP contribution in [-0.4, -0.2) is 58.1 Å². The van der Waals surface area contributed by atoms with E-state index in [0.717, 1.165) is 43.5 Å². The molecule has 2 heterocycles. The Kier molecular flexibility index (Phi) is 4.81. The first-order valence-electron chi connectivity index (χ1n) is 9.78. The van der Waals surface area contributed by atoms with Crippen molar-refractivity contribution in [2.45, 2.75) is 45.6 Å². The topological polar surface area (TPSA) is 52.2 Å². The van der Waals surface area contributed by atoms with Gasteiger partial charge >= 0.3 is 0 Å². The number of benzene rings is 1. The normalized spacial score (nSPS) is 19.2. The number of hydrogen-bond acceptors (Lipinski definition) is 3. The van der Waals surface area contributed by atoms with Crippen LogP contribution in [0.5, 0.6) is 0 Å². The monoisotopic (exact) mass is 352 g/mol. The average molecular weight is 352 g/mol. The van der Waals surface area contributed by atoms with Gasteiger partial charge in [0.1, 0.15) is 5.69 Å². The van der Waals surface area contributed by atoms with Gasteiger partial charge in [-0.2, -0.15) is 5.10 Å². The molecule has 138 valence electrons. The highest BCUT2D eigenvalue weighted by Gasteiger charge is 2.28. The molecule has 4 rings (SSSR count). The van der Waals surface area contributed by atoms with Crippen molar-refractivity contribution < 1.29 is 4.79 Å². The van der Waals surface area contributed by atoms with Gasteiger partial charge in [0.2, 0.25) is 0 Å². The van der Waals surface area contributed by atoms with E-state index in [2.05, 4.69) is 47.1 Å². The van der Waals surface area contributed by atoms with E-state index in [-0.39, 0.29) is 5.91 Å². The number of carbonyl (C=O) groups excluding carboxylic acids is 1. The van der Waals surface area contributed by atoms with Crippen LogP contribution in [0.1, 0.15) is 47.3 Å². The first-order chi connectivity index (χ1) is 12.6. The number of aromatic nitrogens is 2. The molecule has 1 aliphatic carbocycles. The highest BCUT2D eigenvalue weighted by Crippen LogP contribution is 2.25. The van der Waals surface area contributed by atoms with Gasteiger partial charge in [0, 0.05) is 37.8 Å². The predicted molar refractivity (Wildman–Crippen MR) is 103 cm³/mol. The molecule has 26 heavy (non-hydrogen) atoms. The number of nitrogens with zero attached hydrogens (tertiary/aromatic N) is 3. The minimum Gasteiger partial charge on any atom is -0.335 e. The fourth-order valence-electron chi connectivity index (χ4n) is 4.21. The van der Waals surface area contributed by atoms with Crippen LogP contribution in [0.25, 0.3) is 11.3 Å². The van der Waals surface area contributed by atoms with Crippen LogP contribution >= 0.6 is 0 Å². The maximum Gasteiger partial charge on any atom is 0.271 e. The lowest BCUT2D eigenvalue weighted by molar-refractivity contribution is 0.0568. The van der Waals surface area contributed by atoms with Crippen LogP contribution in [0.2, 0.25) is 0 Å². The van der Waals surface area contributed by atoms with E-state index in [4.69, 9.17) is 0 Å². The van der Waals surface area contributed by atoms with Gasteiger partial charge in [-0.05, 0) is 49.9 Å². The lowest BCUT2D eigenvalue weighted by Gasteiger charge is -2.37. The van der Waals surface area contributed by atoms with Crippen molar-refractivity contribution in [3.8, 4) is 11.3 Å². The maximum absolute atomic E-state index is 12.8. The average Bonchev–Trinajstić information content (AvgIpc) is 3.36. The number of piperazine rings is 1. The molecule has 0 unspecified atom stereocenters. The molecule has 5 heteroatoms. The van der Waals surface area contributed by atoms with Gasteiger partial charge in [-0.1, -0.05) is 25.0 Å². The highest BCUT2D eigenvalue weighted by molar-refractivity contribution is 5.93. The van der Waals surface area contributed by atoms with Gasteiger partial charge in [0.15, 0.2) is 0 Å². The van der Waals surface area contributed by atoms with Crippen LogP contribution in [0.3, 0.4) is 0 Å². The zero-order chi connectivity index (χ0) is 18.1. The minimum atomic E-state index is 0.0682. The van der Waals surface area contributed by atoms with Crippen molar-refractivity contribution in [1.29, 1.82) is 0 Å². The summed E-state index contributed by atoms with van der Waals surface area (Å²) in [5, 5.41) is 7.32. The quantitative estimate of drug-likeness (QED) is 0.921. The molecule has 0 spiro atoms. The second kappa shape index (κ2) is 7.23. The highest BCUT2D eigenvalue weighted by atomic mass is 16.2. The number of nitrogens with one attached hydrogen (secondary N) is 1. The summed E-state index contributed by atoms with van der Waals surface area (Å²) in [7, 11) is 0. The largest absolute Gasteiger partial charge is 0.335 e. The van der Waals surface area contributed by atoms with E-state index in [1.807, 2.05) is 11.0 Å². The van der Waals surface area contributed by atoms with Gasteiger partial charge in [0.05, 0.1) is 5.69 Å². The van der Waals surface area contributed by atoms with Gasteiger partial charge in [-0.3, -0.25) is 14.8 Å². The summed E-state index contributed by atoms with van der Waals surface area (Å²) in [6, 6.07) is 8.92. The molecule has 1 saturated heterocycles. The first kappa shape index (κ1) is 17.3.